The van der Waals surface area contributed by atoms with Crippen molar-refractivity contribution in [3.8, 4) is 0 Å². The van der Waals surface area contributed by atoms with Crippen LogP contribution < -0.4 is 19.8 Å². The quantitative estimate of drug-likeness (QED) is 0.0718. The minimum Gasteiger partial charge on any atom is -0.311 e. The van der Waals surface area contributed by atoms with Crippen LogP contribution in [-0.2, 0) is 13.1 Å². The van der Waals surface area contributed by atoms with Gasteiger partial charge in [0.1, 0.15) is 0 Å². The highest BCUT2D eigenvalue weighted by molar-refractivity contribution is 5.84. The molecular formula is C58H48N6. The van der Waals surface area contributed by atoms with E-state index in [0.29, 0.717) is 13.1 Å². The van der Waals surface area contributed by atoms with E-state index in [4.69, 9.17) is 10.2 Å². The van der Waals surface area contributed by atoms with E-state index in [9.17, 15) is 0 Å². The largest absolute Gasteiger partial charge is 0.311 e. The summed E-state index contributed by atoms with van der Waals surface area (Å²) in [6.07, 6.45) is 3.89. The number of rotatable bonds is 16. The normalized spacial score (nSPS) is 11.1. The standard InChI is InChI=1S/C58H48N6/c1-7-23-51(24-8-1)61(59-43-47-35-39-57(40-36-47)63(53-27-11-3-12-28-53)54-29-13-4-14-30-54)45-49-21-19-20-22-50(49)46-62(52-25-9-2-10-26-52)60-44-48-37-41-58(42-38-48)64(55-31-15-5-16-32-55)56-33-17-6-18-34-56/h1-44H,45-46H2/b59-43+,60-44+. The average molecular weight is 829 g/mol. The Labute approximate surface area is 376 Å². The first-order chi connectivity index (χ1) is 31.7. The molecule has 0 aromatic heterocycles. The first-order valence-electron chi connectivity index (χ1n) is 21.6. The number of nitrogens with zero attached hydrogens (tertiary/aromatic N) is 6. The summed E-state index contributed by atoms with van der Waals surface area (Å²) in [6.45, 7) is 1.13. The molecule has 64 heavy (non-hydrogen) atoms. The topological polar surface area (TPSA) is 37.7 Å². The lowest BCUT2D eigenvalue weighted by atomic mass is 10.1. The van der Waals surface area contributed by atoms with Crippen LogP contribution in [0.4, 0.5) is 45.5 Å². The molecule has 9 rings (SSSR count). The van der Waals surface area contributed by atoms with E-state index in [-0.39, 0.29) is 0 Å². The molecule has 0 spiro atoms. The second-order valence-corrected chi connectivity index (χ2v) is 15.2. The van der Waals surface area contributed by atoms with E-state index < -0.39 is 0 Å². The van der Waals surface area contributed by atoms with Gasteiger partial charge in [-0.15, -0.1) is 0 Å². The zero-order chi connectivity index (χ0) is 43.2. The molecule has 0 unspecified atom stereocenters. The van der Waals surface area contributed by atoms with Crippen LogP contribution in [0.2, 0.25) is 0 Å². The molecule has 9 aromatic rings. The van der Waals surface area contributed by atoms with Crippen LogP contribution in [0.3, 0.4) is 0 Å². The lowest BCUT2D eigenvalue weighted by Gasteiger charge is -2.25. The van der Waals surface area contributed by atoms with E-state index in [1.165, 1.54) is 0 Å². The molecule has 9 aromatic carbocycles. The summed E-state index contributed by atoms with van der Waals surface area (Å²) in [4.78, 5) is 4.53. The summed E-state index contributed by atoms with van der Waals surface area (Å²) >= 11 is 0. The fraction of sp³-hybridized carbons (Fsp3) is 0.0345. The molecule has 0 amide bonds. The van der Waals surface area contributed by atoms with Gasteiger partial charge < -0.3 is 9.80 Å². The van der Waals surface area contributed by atoms with Gasteiger partial charge in [0.2, 0.25) is 0 Å². The highest BCUT2D eigenvalue weighted by Crippen LogP contribution is 2.35. The minimum atomic E-state index is 0.567. The third kappa shape index (κ3) is 10.2. The van der Waals surface area contributed by atoms with E-state index in [0.717, 1.165) is 67.8 Å². The highest BCUT2D eigenvalue weighted by atomic mass is 15.5. The van der Waals surface area contributed by atoms with Crippen molar-refractivity contribution in [3.63, 3.8) is 0 Å². The second kappa shape index (κ2) is 20.4. The van der Waals surface area contributed by atoms with Gasteiger partial charge in [-0.3, -0.25) is 10.0 Å². The van der Waals surface area contributed by atoms with Crippen LogP contribution in [-0.4, -0.2) is 12.4 Å². The average Bonchev–Trinajstić information content (AvgIpc) is 3.37. The molecule has 6 nitrogen and oxygen atoms in total. The monoisotopic (exact) mass is 828 g/mol. The van der Waals surface area contributed by atoms with Crippen molar-refractivity contribution in [2.45, 2.75) is 13.1 Å². The Bertz CT molecular complexity index is 2580. The van der Waals surface area contributed by atoms with Crippen molar-refractivity contribution >= 4 is 57.9 Å². The highest BCUT2D eigenvalue weighted by Gasteiger charge is 2.15. The van der Waals surface area contributed by atoms with E-state index >= 15 is 0 Å². The molecule has 0 aliphatic heterocycles. The lowest BCUT2D eigenvalue weighted by Crippen LogP contribution is -2.21. The molecule has 0 heterocycles. The van der Waals surface area contributed by atoms with Crippen molar-refractivity contribution in [1.82, 2.24) is 0 Å². The van der Waals surface area contributed by atoms with Crippen LogP contribution in [0.25, 0.3) is 0 Å². The fourth-order valence-corrected chi connectivity index (χ4v) is 7.68. The Kier molecular flexibility index (Phi) is 13.0. The molecular weight excluding hydrogens is 781 g/mol. The van der Waals surface area contributed by atoms with Crippen molar-refractivity contribution in [2.75, 3.05) is 19.8 Å². The first kappa shape index (κ1) is 40.9. The predicted molar refractivity (Wildman–Crippen MR) is 269 cm³/mol. The summed E-state index contributed by atoms with van der Waals surface area (Å²) in [6, 6.07) is 88.2. The van der Waals surface area contributed by atoms with E-state index in [1.807, 2.05) is 48.8 Å². The van der Waals surface area contributed by atoms with Crippen LogP contribution in [0.1, 0.15) is 22.3 Å². The molecule has 0 bridgehead atoms. The third-order valence-corrected chi connectivity index (χ3v) is 10.9. The van der Waals surface area contributed by atoms with Gasteiger partial charge in [0, 0.05) is 34.1 Å². The Morgan fingerprint density at radius 2 is 0.484 bits per heavy atom. The number of hydrazone groups is 2. The maximum absolute atomic E-state index is 5.11. The molecule has 0 aliphatic carbocycles. The Morgan fingerprint density at radius 1 is 0.250 bits per heavy atom. The van der Waals surface area contributed by atoms with Crippen LogP contribution >= 0.6 is 0 Å². The summed E-state index contributed by atoms with van der Waals surface area (Å²) in [5.41, 5.74) is 12.9. The van der Waals surface area contributed by atoms with Gasteiger partial charge in [0.05, 0.1) is 36.9 Å². The Hall–Kier alpha value is -8.48. The second-order valence-electron chi connectivity index (χ2n) is 15.2. The number of benzene rings is 9. The number of hydrogen-bond acceptors (Lipinski definition) is 6. The van der Waals surface area contributed by atoms with Crippen molar-refractivity contribution in [2.24, 2.45) is 10.2 Å². The molecule has 310 valence electrons. The molecule has 0 N–H and O–H groups in total. The number of hydrogen-bond donors (Lipinski definition) is 0. The molecule has 6 heteroatoms. The van der Waals surface area contributed by atoms with E-state index in [1.54, 1.807) is 0 Å². The van der Waals surface area contributed by atoms with Gasteiger partial charge >= 0.3 is 0 Å². The molecule has 0 aliphatic rings. The molecule has 0 saturated heterocycles. The van der Waals surface area contributed by atoms with Crippen LogP contribution in [0.15, 0.2) is 265 Å². The SMILES string of the molecule is C(=N\N(Cc1ccccc1CN(/N=C/c1ccc(N(c2ccccc2)c2ccccc2)cc1)c1ccccc1)c1ccccc1)/c1ccc(N(c2ccccc2)c2ccccc2)cc1. The molecule has 0 radical (unpaired) electrons. The van der Waals surface area contributed by atoms with Gasteiger partial charge in [-0.2, -0.15) is 10.2 Å². The minimum absolute atomic E-state index is 0.567. The summed E-state index contributed by atoms with van der Waals surface area (Å²) in [5.74, 6) is 0. The molecule has 0 saturated carbocycles. The van der Waals surface area contributed by atoms with Crippen molar-refractivity contribution in [1.29, 1.82) is 0 Å². The smallest absolute Gasteiger partial charge is 0.0669 e. The van der Waals surface area contributed by atoms with Gasteiger partial charge in [0.15, 0.2) is 0 Å². The summed E-state index contributed by atoms with van der Waals surface area (Å²) < 4.78 is 0. The van der Waals surface area contributed by atoms with Gasteiger partial charge in [-0.25, -0.2) is 0 Å². The van der Waals surface area contributed by atoms with Crippen LogP contribution in [0, 0.1) is 0 Å². The lowest BCUT2D eigenvalue weighted by molar-refractivity contribution is 0.811. The zero-order valence-electron chi connectivity index (χ0n) is 35.5. The third-order valence-electron chi connectivity index (χ3n) is 10.9. The van der Waals surface area contributed by atoms with Gasteiger partial charge in [-0.1, -0.05) is 158 Å². The van der Waals surface area contributed by atoms with Gasteiger partial charge in [-0.05, 0) is 119 Å². The van der Waals surface area contributed by atoms with Crippen molar-refractivity contribution < 1.29 is 0 Å². The molecule has 0 atom stereocenters. The fourth-order valence-electron chi connectivity index (χ4n) is 7.68. The maximum atomic E-state index is 5.11. The first-order valence-corrected chi connectivity index (χ1v) is 21.6. The summed E-state index contributed by atoms with van der Waals surface area (Å²) in [5, 5.41) is 14.4. The number of para-hydroxylation sites is 6. The Morgan fingerprint density at radius 3 is 0.766 bits per heavy atom. The maximum Gasteiger partial charge on any atom is 0.0669 e. The van der Waals surface area contributed by atoms with E-state index in [2.05, 4.69) is 238 Å². The summed E-state index contributed by atoms with van der Waals surface area (Å²) in [7, 11) is 0. The number of anilines is 8. The van der Waals surface area contributed by atoms with Gasteiger partial charge in [0.25, 0.3) is 0 Å². The molecule has 0 fully saturated rings. The predicted octanol–water partition coefficient (Wildman–Crippen LogP) is 14.7. The Balaban J connectivity index is 0.961. The van der Waals surface area contributed by atoms with Crippen LogP contribution in [0.5, 0.6) is 0 Å². The van der Waals surface area contributed by atoms with Crippen molar-refractivity contribution in [3.05, 3.63) is 277 Å². The zero-order valence-corrected chi connectivity index (χ0v) is 35.5.